The van der Waals surface area contributed by atoms with Gasteiger partial charge < -0.3 is 19.5 Å². The maximum atomic E-state index is 13.4. The third-order valence-electron chi connectivity index (χ3n) is 5.18. The quantitative estimate of drug-likeness (QED) is 0.417. The van der Waals surface area contributed by atoms with Crippen LogP contribution in [0, 0.1) is 0 Å². The molecule has 0 aliphatic heterocycles. The van der Waals surface area contributed by atoms with Gasteiger partial charge in [-0.05, 0) is 60.4 Å². The van der Waals surface area contributed by atoms with Crippen LogP contribution < -0.4 is 9.47 Å². The Hall–Kier alpha value is -3.80. The zero-order valence-electron chi connectivity index (χ0n) is 19.0. The lowest BCUT2D eigenvalue weighted by Crippen LogP contribution is -2.31. The SMILES string of the molecule is CCCN(Cc1ccc(Oc2ccccc2)cc1)C(=O)c1cc(CCC(=O)O)ccc1OC. The first-order valence-corrected chi connectivity index (χ1v) is 11.0. The molecule has 6 nitrogen and oxygen atoms in total. The fourth-order valence-corrected chi connectivity index (χ4v) is 3.53. The molecule has 6 heteroatoms. The van der Waals surface area contributed by atoms with Crippen molar-refractivity contribution < 1.29 is 24.2 Å². The Morgan fingerprint density at radius 2 is 1.58 bits per heavy atom. The van der Waals surface area contributed by atoms with Crippen LogP contribution in [-0.4, -0.2) is 35.5 Å². The number of carboxylic acid groups (broad SMARTS) is 1. The van der Waals surface area contributed by atoms with E-state index in [1.165, 1.54) is 7.11 Å². The zero-order valence-corrected chi connectivity index (χ0v) is 19.0. The van der Waals surface area contributed by atoms with Crippen LogP contribution in [0.15, 0.2) is 72.8 Å². The van der Waals surface area contributed by atoms with E-state index in [1.54, 1.807) is 23.1 Å². The van der Waals surface area contributed by atoms with Gasteiger partial charge in [0.1, 0.15) is 17.2 Å². The summed E-state index contributed by atoms with van der Waals surface area (Å²) in [6.45, 7) is 3.06. The van der Waals surface area contributed by atoms with E-state index in [0.29, 0.717) is 30.8 Å². The molecule has 1 amide bonds. The number of aryl methyl sites for hydroxylation is 1. The number of amides is 1. The highest BCUT2D eigenvalue weighted by atomic mass is 16.5. The van der Waals surface area contributed by atoms with Crippen LogP contribution in [0.5, 0.6) is 17.2 Å². The third kappa shape index (κ3) is 6.84. The third-order valence-corrected chi connectivity index (χ3v) is 5.18. The van der Waals surface area contributed by atoms with Gasteiger partial charge in [-0.25, -0.2) is 0 Å². The molecule has 0 radical (unpaired) electrons. The minimum Gasteiger partial charge on any atom is -0.496 e. The van der Waals surface area contributed by atoms with Crippen molar-refractivity contribution in [1.82, 2.24) is 4.90 Å². The summed E-state index contributed by atoms with van der Waals surface area (Å²) in [5.74, 6) is 0.960. The standard InChI is InChI=1S/C27H29NO5/c1-3-17-28(19-21-9-13-23(14-10-21)33-22-7-5-4-6-8-22)27(31)24-18-20(12-16-26(29)30)11-15-25(24)32-2/h4-11,13-15,18H,3,12,16-17,19H2,1-2H3,(H,29,30). The monoisotopic (exact) mass is 447 g/mol. The second-order valence-corrected chi connectivity index (χ2v) is 7.71. The summed E-state index contributed by atoms with van der Waals surface area (Å²) in [6, 6.07) is 22.5. The number of benzene rings is 3. The number of carbonyl (C=O) groups excluding carboxylic acids is 1. The van der Waals surface area contributed by atoms with Crippen LogP contribution in [0.25, 0.3) is 0 Å². The molecule has 0 aliphatic carbocycles. The number of para-hydroxylation sites is 1. The first-order valence-electron chi connectivity index (χ1n) is 11.0. The van der Waals surface area contributed by atoms with Gasteiger partial charge in [0.05, 0.1) is 12.7 Å². The van der Waals surface area contributed by atoms with Gasteiger partial charge in [0.2, 0.25) is 0 Å². The van der Waals surface area contributed by atoms with Crippen LogP contribution >= 0.6 is 0 Å². The van der Waals surface area contributed by atoms with Crippen molar-refractivity contribution in [3.05, 3.63) is 89.5 Å². The molecule has 3 aromatic carbocycles. The molecule has 0 unspecified atom stereocenters. The number of aliphatic carboxylic acids is 1. The Kier molecular flexibility index (Phi) is 8.47. The molecule has 0 spiro atoms. The Labute approximate surface area is 194 Å². The summed E-state index contributed by atoms with van der Waals surface area (Å²) >= 11 is 0. The lowest BCUT2D eigenvalue weighted by atomic mass is 10.0. The second-order valence-electron chi connectivity index (χ2n) is 7.71. The summed E-state index contributed by atoms with van der Waals surface area (Å²) in [5.41, 5.74) is 2.22. The largest absolute Gasteiger partial charge is 0.496 e. The van der Waals surface area contributed by atoms with E-state index in [4.69, 9.17) is 14.6 Å². The predicted octanol–water partition coefficient (Wildman–Crippen LogP) is 5.56. The summed E-state index contributed by atoms with van der Waals surface area (Å²) in [5, 5.41) is 8.97. The summed E-state index contributed by atoms with van der Waals surface area (Å²) in [6.07, 6.45) is 1.17. The molecule has 3 aromatic rings. The van der Waals surface area contributed by atoms with E-state index in [-0.39, 0.29) is 12.3 Å². The molecule has 0 atom stereocenters. The topological polar surface area (TPSA) is 76.1 Å². The number of carboxylic acids is 1. The molecule has 0 saturated carbocycles. The average molecular weight is 448 g/mol. The Morgan fingerprint density at radius 1 is 0.909 bits per heavy atom. The van der Waals surface area contributed by atoms with E-state index in [1.807, 2.05) is 61.5 Å². The number of carbonyl (C=O) groups is 2. The van der Waals surface area contributed by atoms with Crippen molar-refractivity contribution in [1.29, 1.82) is 0 Å². The van der Waals surface area contributed by atoms with E-state index >= 15 is 0 Å². The van der Waals surface area contributed by atoms with E-state index in [2.05, 4.69) is 0 Å². The molecular formula is C27H29NO5. The van der Waals surface area contributed by atoms with E-state index in [9.17, 15) is 9.59 Å². The van der Waals surface area contributed by atoms with Gasteiger partial charge in [0, 0.05) is 19.5 Å². The maximum Gasteiger partial charge on any atom is 0.303 e. The van der Waals surface area contributed by atoms with E-state index < -0.39 is 5.97 Å². The Bertz CT molecular complexity index is 1060. The maximum absolute atomic E-state index is 13.4. The van der Waals surface area contributed by atoms with Crippen molar-refractivity contribution in [2.24, 2.45) is 0 Å². The van der Waals surface area contributed by atoms with Crippen molar-refractivity contribution in [3.8, 4) is 17.2 Å². The van der Waals surface area contributed by atoms with Crippen molar-refractivity contribution in [2.75, 3.05) is 13.7 Å². The van der Waals surface area contributed by atoms with Crippen molar-refractivity contribution >= 4 is 11.9 Å². The van der Waals surface area contributed by atoms with Crippen molar-refractivity contribution in [3.63, 3.8) is 0 Å². The molecule has 3 rings (SSSR count). The number of hydrogen-bond donors (Lipinski definition) is 1. The number of hydrogen-bond acceptors (Lipinski definition) is 4. The van der Waals surface area contributed by atoms with Crippen LogP contribution in [0.2, 0.25) is 0 Å². The van der Waals surface area contributed by atoms with Crippen LogP contribution in [0.1, 0.15) is 41.3 Å². The van der Waals surface area contributed by atoms with Gasteiger partial charge in [-0.3, -0.25) is 9.59 Å². The lowest BCUT2D eigenvalue weighted by molar-refractivity contribution is -0.136. The number of ether oxygens (including phenoxy) is 2. The summed E-state index contributed by atoms with van der Waals surface area (Å²) in [7, 11) is 1.53. The van der Waals surface area contributed by atoms with E-state index in [0.717, 1.165) is 29.0 Å². The van der Waals surface area contributed by atoms with Crippen molar-refractivity contribution in [2.45, 2.75) is 32.7 Å². The number of methoxy groups -OCH3 is 1. The molecule has 1 N–H and O–H groups in total. The summed E-state index contributed by atoms with van der Waals surface area (Å²) in [4.78, 5) is 26.1. The molecule has 0 aromatic heterocycles. The lowest BCUT2D eigenvalue weighted by Gasteiger charge is -2.24. The average Bonchev–Trinajstić information content (AvgIpc) is 2.83. The molecular weight excluding hydrogens is 418 g/mol. The molecule has 0 fully saturated rings. The normalized spacial score (nSPS) is 10.5. The Balaban J connectivity index is 1.76. The minimum atomic E-state index is -0.869. The van der Waals surface area contributed by atoms with Gasteiger partial charge in [-0.2, -0.15) is 0 Å². The molecule has 0 heterocycles. The van der Waals surface area contributed by atoms with Gasteiger partial charge in [0.15, 0.2) is 0 Å². The summed E-state index contributed by atoms with van der Waals surface area (Å²) < 4.78 is 11.3. The molecule has 0 bridgehead atoms. The van der Waals surface area contributed by atoms with Gasteiger partial charge in [0.25, 0.3) is 5.91 Å². The highest BCUT2D eigenvalue weighted by Gasteiger charge is 2.20. The smallest absolute Gasteiger partial charge is 0.303 e. The Morgan fingerprint density at radius 3 is 2.21 bits per heavy atom. The molecule has 172 valence electrons. The molecule has 0 saturated heterocycles. The highest BCUT2D eigenvalue weighted by Crippen LogP contribution is 2.25. The van der Waals surface area contributed by atoms with Crippen LogP contribution in [-0.2, 0) is 17.8 Å². The zero-order chi connectivity index (χ0) is 23.6. The fourth-order valence-electron chi connectivity index (χ4n) is 3.53. The first kappa shape index (κ1) is 23.9. The number of nitrogens with zero attached hydrogens (tertiary/aromatic N) is 1. The van der Waals surface area contributed by atoms with Gasteiger partial charge in [-0.15, -0.1) is 0 Å². The van der Waals surface area contributed by atoms with Crippen LogP contribution in [0.4, 0.5) is 0 Å². The second kappa shape index (κ2) is 11.7. The van der Waals surface area contributed by atoms with Gasteiger partial charge in [-0.1, -0.05) is 43.3 Å². The van der Waals surface area contributed by atoms with Crippen LogP contribution in [0.3, 0.4) is 0 Å². The van der Waals surface area contributed by atoms with Gasteiger partial charge >= 0.3 is 5.97 Å². The first-order chi connectivity index (χ1) is 16.0. The molecule has 0 aliphatic rings. The predicted molar refractivity (Wildman–Crippen MR) is 127 cm³/mol. The fraction of sp³-hybridized carbons (Fsp3) is 0.259. The molecule has 33 heavy (non-hydrogen) atoms. The minimum absolute atomic E-state index is 0.00996. The number of rotatable bonds is 11. The highest BCUT2D eigenvalue weighted by molar-refractivity contribution is 5.97.